The maximum Gasteiger partial charge on any atom is 0.417 e. The number of alkyl halides is 3. The molecule has 0 saturated carbocycles. The first-order valence-corrected chi connectivity index (χ1v) is 6.16. The van der Waals surface area contributed by atoms with Gasteiger partial charge >= 0.3 is 6.18 Å². The predicted molar refractivity (Wildman–Crippen MR) is 68.8 cm³/mol. The second-order valence-electron chi connectivity index (χ2n) is 4.27. The molecule has 0 aliphatic rings. The van der Waals surface area contributed by atoms with Crippen LogP contribution in [-0.4, -0.2) is 24.6 Å². The van der Waals surface area contributed by atoms with Crippen molar-refractivity contribution in [2.45, 2.75) is 13.1 Å². The van der Waals surface area contributed by atoms with E-state index in [1.54, 1.807) is 11.3 Å². The number of pyridine rings is 1. The lowest BCUT2D eigenvalue weighted by atomic mass is 10.2. The van der Waals surface area contributed by atoms with Crippen LogP contribution in [0.5, 0.6) is 0 Å². The molecule has 0 unspecified atom stereocenters. The third-order valence-electron chi connectivity index (χ3n) is 2.85. The molecule has 9 heteroatoms. The van der Waals surface area contributed by atoms with E-state index in [1.807, 2.05) is 0 Å². The van der Waals surface area contributed by atoms with Gasteiger partial charge in [-0.1, -0.05) is 11.6 Å². The van der Waals surface area contributed by atoms with Crippen LogP contribution in [0.2, 0.25) is 5.15 Å². The molecule has 3 aromatic rings. The van der Waals surface area contributed by atoms with Crippen LogP contribution in [-0.2, 0) is 6.18 Å². The normalized spacial score (nSPS) is 12.0. The fourth-order valence-electron chi connectivity index (χ4n) is 1.91. The molecule has 0 aromatic carbocycles. The Hall–Kier alpha value is -2.22. The highest BCUT2D eigenvalue weighted by Gasteiger charge is 2.30. The summed E-state index contributed by atoms with van der Waals surface area (Å²) in [4.78, 5) is 7.85. The van der Waals surface area contributed by atoms with E-state index >= 15 is 0 Å². The molecular formula is C12H7ClF3N5. The van der Waals surface area contributed by atoms with Gasteiger partial charge in [0.1, 0.15) is 16.7 Å². The van der Waals surface area contributed by atoms with E-state index in [4.69, 9.17) is 11.6 Å². The van der Waals surface area contributed by atoms with Crippen LogP contribution in [0, 0.1) is 6.92 Å². The Bertz CT molecular complexity index is 810. The average molecular weight is 314 g/mol. The van der Waals surface area contributed by atoms with Crippen LogP contribution in [0.1, 0.15) is 11.4 Å². The van der Waals surface area contributed by atoms with E-state index in [9.17, 15) is 13.2 Å². The standard InChI is InChI=1S/C12H7ClF3N5/c1-6-18-9(13)4-10-19-20-11(21(6)10)8-3-2-7(5-17-8)12(14,15)16/h2-5H,1H3. The Kier molecular flexibility index (Phi) is 3.05. The van der Waals surface area contributed by atoms with Crippen molar-refractivity contribution in [3.8, 4) is 11.5 Å². The molecule has 0 N–H and O–H groups in total. The molecule has 3 aromatic heterocycles. The number of fused-ring (bicyclic) bond motifs is 1. The van der Waals surface area contributed by atoms with E-state index < -0.39 is 11.7 Å². The van der Waals surface area contributed by atoms with Crippen molar-refractivity contribution in [1.82, 2.24) is 24.6 Å². The zero-order valence-electron chi connectivity index (χ0n) is 10.6. The maximum absolute atomic E-state index is 12.5. The molecule has 0 spiro atoms. The Morgan fingerprint density at radius 3 is 2.57 bits per heavy atom. The van der Waals surface area contributed by atoms with Crippen LogP contribution in [0.4, 0.5) is 13.2 Å². The van der Waals surface area contributed by atoms with Gasteiger partial charge in [0.05, 0.1) is 5.56 Å². The molecule has 0 atom stereocenters. The Labute approximate surface area is 121 Å². The van der Waals surface area contributed by atoms with Crippen molar-refractivity contribution in [1.29, 1.82) is 0 Å². The zero-order chi connectivity index (χ0) is 15.2. The van der Waals surface area contributed by atoms with Gasteiger partial charge in [0.15, 0.2) is 11.5 Å². The number of aromatic nitrogens is 5. The van der Waals surface area contributed by atoms with Crippen molar-refractivity contribution in [3.05, 3.63) is 40.9 Å². The molecule has 108 valence electrons. The van der Waals surface area contributed by atoms with Gasteiger partial charge in [0, 0.05) is 12.3 Å². The van der Waals surface area contributed by atoms with Crippen molar-refractivity contribution in [2.75, 3.05) is 0 Å². The van der Waals surface area contributed by atoms with E-state index in [0.29, 0.717) is 17.3 Å². The molecule has 5 nitrogen and oxygen atoms in total. The highest BCUT2D eigenvalue weighted by atomic mass is 35.5. The van der Waals surface area contributed by atoms with Gasteiger partial charge in [-0.15, -0.1) is 10.2 Å². The van der Waals surface area contributed by atoms with Crippen molar-refractivity contribution in [2.24, 2.45) is 0 Å². The van der Waals surface area contributed by atoms with Gasteiger partial charge in [-0.3, -0.25) is 9.38 Å². The number of rotatable bonds is 1. The molecule has 3 heterocycles. The summed E-state index contributed by atoms with van der Waals surface area (Å²) >= 11 is 5.82. The molecular weight excluding hydrogens is 307 g/mol. The number of nitrogens with zero attached hydrogens (tertiary/aromatic N) is 5. The van der Waals surface area contributed by atoms with Crippen molar-refractivity contribution in [3.63, 3.8) is 0 Å². The minimum Gasteiger partial charge on any atom is -0.261 e. The average Bonchev–Trinajstić information content (AvgIpc) is 2.81. The van der Waals surface area contributed by atoms with E-state index in [-0.39, 0.29) is 10.8 Å². The van der Waals surface area contributed by atoms with Gasteiger partial charge in [0.25, 0.3) is 0 Å². The lowest BCUT2D eigenvalue weighted by Gasteiger charge is -2.07. The van der Waals surface area contributed by atoms with Crippen LogP contribution in [0.3, 0.4) is 0 Å². The summed E-state index contributed by atoms with van der Waals surface area (Å²) in [5.74, 6) is 0.819. The molecule has 0 fully saturated rings. The number of halogens is 4. The quantitative estimate of drug-likeness (QED) is 0.648. The summed E-state index contributed by atoms with van der Waals surface area (Å²) in [6.07, 6.45) is -3.67. The topological polar surface area (TPSA) is 56.0 Å². The molecule has 0 amide bonds. The van der Waals surface area contributed by atoms with Crippen molar-refractivity contribution >= 4 is 17.2 Å². The van der Waals surface area contributed by atoms with Crippen LogP contribution >= 0.6 is 11.6 Å². The third-order valence-corrected chi connectivity index (χ3v) is 3.04. The first-order valence-electron chi connectivity index (χ1n) is 5.78. The summed E-state index contributed by atoms with van der Waals surface area (Å²) in [6.45, 7) is 1.69. The van der Waals surface area contributed by atoms with Gasteiger partial charge in [-0.2, -0.15) is 13.2 Å². The Morgan fingerprint density at radius 1 is 1.19 bits per heavy atom. The smallest absolute Gasteiger partial charge is 0.261 e. The maximum atomic E-state index is 12.5. The summed E-state index contributed by atoms with van der Waals surface area (Å²) < 4.78 is 39.1. The van der Waals surface area contributed by atoms with Crippen LogP contribution in [0.25, 0.3) is 17.2 Å². The van der Waals surface area contributed by atoms with Gasteiger partial charge < -0.3 is 0 Å². The first-order chi connectivity index (χ1) is 9.86. The summed E-state index contributed by atoms with van der Waals surface area (Å²) in [7, 11) is 0. The third kappa shape index (κ3) is 2.42. The molecule has 0 bridgehead atoms. The number of hydrogen-bond donors (Lipinski definition) is 0. The number of hydrogen-bond acceptors (Lipinski definition) is 4. The molecule has 0 aliphatic carbocycles. The fraction of sp³-hybridized carbons (Fsp3) is 0.167. The van der Waals surface area contributed by atoms with E-state index in [2.05, 4.69) is 20.2 Å². The lowest BCUT2D eigenvalue weighted by molar-refractivity contribution is -0.137. The predicted octanol–water partition coefficient (Wildman–Crippen LogP) is 3.17. The minimum absolute atomic E-state index is 0.263. The SMILES string of the molecule is Cc1nc(Cl)cc2nnc(-c3ccc(C(F)(F)F)cn3)n12. The van der Waals surface area contributed by atoms with Gasteiger partial charge in [-0.05, 0) is 19.1 Å². The second-order valence-corrected chi connectivity index (χ2v) is 4.66. The summed E-state index contributed by atoms with van der Waals surface area (Å²) in [6, 6.07) is 3.70. The van der Waals surface area contributed by atoms with Gasteiger partial charge in [-0.25, -0.2) is 4.98 Å². The largest absolute Gasteiger partial charge is 0.417 e. The van der Waals surface area contributed by atoms with E-state index in [1.165, 1.54) is 12.1 Å². The monoisotopic (exact) mass is 313 g/mol. The minimum atomic E-state index is -4.43. The van der Waals surface area contributed by atoms with Crippen LogP contribution in [0.15, 0.2) is 24.4 Å². The van der Waals surface area contributed by atoms with Crippen LogP contribution < -0.4 is 0 Å². The molecule has 0 saturated heterocycles. The second kappa shape index (κ2) is 4.66. The summed E-state index contributed by atoms with van der Waals surface area (Å²) in [5, 5.41) is 8.11. The Balaban J connectivity index is 2.13. The highest BCUT2D eigenvalue weighted by Crippen LogP contribution is 2.29. The summed E-state index contributed by atoms with van der Waals surface area (Å²) in [5.41, 5.74) is -0.107. The van der Waals surface area contributed by atoms with Crippen molar-refractivity contribution < 1.29 is 13.2 Å². The zero-order valence-corrected chi connectivity index (χ0v) is 11.3. The first kappa shape index (κ1) is 13.7. The lowest BCUT2D eigenvalue weighted by Crippen LogP contribution is -2.06. The fourth-order valence-corrected chi connectivity index (χ4v) is 2.13. The van der Waals surface area contributed by atoms with E-state index in [0.717, 1.165) is 12.3 Å². The molecule has 0 aliphatic heterocycles. The van der Waals surface area contributed by atoms with Gasteiger partial charge in [0.2, 0.25) is 0 Å². The highest BCUT2D eigenvalue weighted by molar-refractivity contribution is 6.29. The number of aryl methyl sites for hydroxylation is 1. The molecule has 3 rings (SSSR count). The molecule has 21 heavy (non-hydrogen) atoms. The Morgan fingerprint density at radius 2 is 1.95 bits per heavy atom. The molecule has 0 radical (unpaired) electrons.